The van der Waals surface area contributed by atoms with Crippen molar-refractivity contribution in [3.05, 3.63) is 35.9 Å². The van der Waals surface area contributed by atoms with Crippen LogP contribution in [-0.4, -0.2) is 19.0 Å². The molecule has 2 aliphatic rings. The maximum absolute atomic E-state index is 9.52. The third-order valence-electron chi connectivity index (χ3n) is 5.14. The van der Waals surface area contributed by atoms with Crippen molar-refractivity contribution in [2.24, 2.45) is 5.92 Å². The van der Waals surface area contributed by atoms with Crippen LogP contribution in [0.1, 0.15) is 56.4 Å². The predicted octanol–water partition coefficient (Wildman–Crippen LogP) is 4.40. The number of rotatable bonds is 5. The molecule has 3 nitrogen and oxygen atoms in total. The molecule has 22 heavy (non-hydrogen) atoms. The highest BCUT2D eigenvalue weighted by Crippen LogP contribution is 2.42. The minimum atomic E-state index is -0.426. The summed E-state index contributed by atoms with van der Waals surface area (Å²) in [5.74, 6) is -0.00191. The molecule has 1 atom stereocenters. The lowest BCUT2D eigenvalue weighted by Gasteiger charge is -2.38. The summed E-state index contributed by atoms with van der Waals surface area (Å²) in [7, 11) is 0. The van der Waals surface area contributed by atoms with Crippen molar-refractivity contribution >= 4 is 0 Å². The summed E-state index contributed by atoms with van der Waals surface area (Å²) < 4.78 is 12.2. The van der Waals surface area contributed by atoms with Gasteiger partial charge in [-0.25, -0.2) is 0 Å². The first kappa shape index (κ1) is 15.5. The first-order valence-corrected chi connectivity index (χ1v) is 8.56. The maximum Gasteiger partial charge on any atom is 0.171 e. The summed E-state index contributed by atoms with van der Waals surface area (Å²) in [5, 5.41) is 9.52. The van der Waals surface area contributed by atoms with E-state index in [0.29, 0.717) is 19.1 Å². The molecule has 1 heterocycles. The van der Waals surface area contributed by atoms with Crippen molar-refractivity contribution < 1.29 is 9.47 Å². The van der Waals surface area contributed by atoms with E-state index in [0.717, 1.165) is 18.4 Å². The molecule has 0 N–H and O–H groups in total. The van der Waals surface area contributed by atoms with E-state index in [1.165, 1.54) is 32.1 Å². The Morgan fingerprint density at radius 1 is 1.09 bits per heavy atom. The van der Waals surface area contributed by atoms with Crippen LogP contribution in [0.2, 0.25) is 0 Å². The van der Waals surface area contributed by atoms with Crippen molar-refractivity contribution in [3.8, 4) is 6.07 Å². The molecule has 3 heteroatoms. The van der Waals surface area contributed by atoms with Crippen molar-refractivity contribution in [1.29, 1.82) is 5.26 Å². The normalized spacial score (nSPS) is 23.0. The lowest BCUT2D eigenvalue weighted by atomic mass is 9.79. The van der Waals surface area contributed by atoms with Crippen LogP contribution >= 0.6 is 0 Å². The summed E-state index contributed by atoms with van der Waals surface area (Å²) in [5.41, 5.74) is 1.10. The molecule has 2 fully saturated rings. The second-order valence-electron chi connectivity index (χ2n) is 6.47. The van der Waals surface area contributed by atoms with E-state index in [-0.39, 0.29) is 5.92 Å². The van der Waals surface area contributed by atoms with Crippen LogP contribution in [0.5, 0.6) is 0 Å². The van der Waals surface area contributed by atoms with Gasteiger partial charge in [-0.15, -0.1) is 0 Å². The summed E-state index contributed by atoms with van der Waals surface area (Å²) in [6, 6.07) is 12.5. The summed E-state index contributed by atoms with van der Waals surface area (Å²) in [6.45, 7) is 1.39. The molecular formula is C19H25NO2. The second-order valence-corrected chi connectivity index (χ2v) is 6.47. The van der Waals surface area contributed by atoms with E-state index in [4.69, 9.17) is 9.47 Å². The van der Waals surface area contributed by atoms with Gasteiger partial charge in [-0.05, 0) is 24.8 Å². The number of nitriles is 1. The lowest BCUT2D eigenvalue weighted by molar-refractivity contribution is -0.207. The molecular weight excluding hydrogens is 274 g/mol. The predicted molar refractivity (Wildman–Crippen MR) is 85.2 cm³/mol. The Morgan fingerprint density at radius 3 is 2.41 bits per heavy atom. The molecule has 0 spiro atoms. The van der Waals surface area contributed by atoms with Crippen LogP contribution in [0, 0.1) is 17.2 Å². The Balaban J connectivity index is 1.67. The zero-order valence-corrected chi connectivity index (χ0v) is 13.2. The second kappa shape index (κ2) is 7.26. The largest absolute Gasteiger partial charge is 0.347 e. The zero-order chi connectivity index (χ0) is 15.3. The van der Waals surface area contributed by atoms with Crippen LogP contribution in [0.25, 0.3) is 0 Å². The SMILES string of the molecule is N#CC(CCC1(C2CCCCC2)OCCO1)c1ccccc1. The highest BCUT2D eigenvalue weighted by Gasteiger charge is 2.44. The summed E-state index contributed by atoms with van der Waals surface area (Å²) in [6.07, 6.45) is 7.91. The molecule has 0 amide bonds. The molecule has 1 unspecified atom stereocenters. The quantitative estimate of drug-likeness (QED) is 0.809. The molecule has 1 aliphatic heterocycles. The molecule has 1 aromatic carbocycles. The fraction of sp³-hybridized carbons (Fsp3) is 0.632. The van der Waals surface area contributed by atoms with Crippen LogP contribution < -0.4 is 0 Å². The Hall–Kier alpha value is -1.37. The van der Waals surface area contributed by atoms with Crippen LogP contribution in [-0.2, 0) is 9.47 Å². The van der Waals surface area contributed by atoms with Crippen molar-refractivity contribution in [2.45, 2.75) is 56.7 Å². The van der Waals surface area contributed by atoms with Gasteiger partial charge in [0.05, 0.1) is 25.2 Å². The van der Waals surface area contributed by atoms with Gasteiger partial charge in [-0.2, -0.15) is 5.26 Å². The average Bonchev–Trinajstić information content (AvgIpc) is 3.07. The maximum atomic E-state index is 9.52. The highest BCUT2D eigenvalue weighted by molar-refractivity contribution is 5.24. The van der Waals surface area contributed by atoms with Gasteiger partial charge in [-0.1, -0.05) is 49.6 Å². The van der Waals surface area contributed by atoms with Crippen LogP contribution in [0.15, 0.2) is 30.3 Å². The fourth-order valence-corrected chi connectivity index (χ4v) is 3.93. The molecule has 1 aromatic rings. The number of hydrogen-bond donors (Lipinski definition) is 0. The first-order chi connectivity index (χ1) is 10.8. The Bertz CT molecular complexity index is 496. The zero-order valence-electron chi connectivity index (χ0n) is 13.2. The summed E-state index contributed by atoms with van der Waals surface area (Å²) >= 11 is 0. The smallest absolute Gasteiger partial charge is 0.171 e. The fourth-order valence-electron chi connectivity index (χ4n) is 3.93. The number of ether oxygens (including phenoxy) is 2. The Kier molecular flexibility index (Phi) is 5.12. The molecule has 118 valence electrons. The molecule has 1 saturated carbocycles. The van der Waals surface area contributed by atoms with Crippen LogP contribution in [0.4, 0.5) is 0 Å². The standard InChI is InChI=1S/C19H25NO2/c20-15-17(16-7-3-1-4-8-16)11-12-19(21-13-14-22-19)18-9-5-2-6-10-18/h1,3-4,7-8,17-18H,2,5-6,9-14H2. The lowest BCUT2D eigenvalue weighted by Crippen LogP contribution is -2.40. The first-order valence-electron chi connectivity index (χ1n) is 8.56. The topological polar surface area (TPSA) is 42.2 Å². The minimum Gasteiger partial charge on any atom is -0.347 e. The highest BCUT2D eigenvalue weighted by atomic mass is 16.7. The number of nitrogens with zero attached hydrogens (tertiary/aromatic N) is 1. The molecule has 3 rings (SSSR count). The molecule has 1 saturated heterocycles. The van der Waals surface area contributed by atoms with Gasteiger partial charge in [0.25, 0.3) is 0 Å². The number of hydrogen-bond acceptors (Lipinski definition) is 3. The van der Waals surface area contributed by atoms with Gasteiger partial charge >= 0.3 is 0 Å². The molecule has 0 radical (unpaired) electrons. The monoisotopic (exact) mass is 299 g/mol. The third-order valence-corrected chi connectivity index (χ3v) is 5.14. The van der Waals surface area contributed by atoms with E-state index in [2.05, 4.69) is 6.07 Å². The van der Waals surface area contributed by atoms with Crippen molar-refractivity contribution in [1.82, 2.24) is 0 Å². The van der Waals surface area contributed by atoms with Gasteiger partial charge in [0, 0.05) is 12.3 Å². The van der Waals surface area contributed by atoms with Gasteiger partial charge in [0.15, 0.2) is 5.79 Å². The molecule has 0 aromatic heterocycles. The minimum absolute atomic E-state index is 0.0746. The van der Waals surface area contributed by atoms with Gasteiger partial charge in [0.1, 0.15) is 0 Å². The Labute approximate surface area is 133 Å². The van der Waals surface area contributed by atoms with Gasteiger partial charge < -0.3 is 9.47 Å². The van der Waals surface area contributed by atoms with E-state index in [9.17, 15) is 5.26 Å². The van der Waals surface area contributed by atoms with E-state index in [1.54, 1.807) is 0 Å². The van der Waals surface area contributed by atoms with E-state index < -0.39 is 5.79 Å². The number of benzene rings is 1. The van der Waals surface area contributed by atoms with Gasteiger partial charge in [-0.3, -0.25) is 0 Å². The third kappa shape index (κ3) is 3.34. The molecule has 0 bridgehead atoms. The average molecular weight is 299 g/mol. The van der Waals surface area contributed by atoms with E-state index >= 15 is 0 Å². The van der Waals surface area contributed by atoms with Crippen molar-refractivity contribution in [2.75, 3.05) is 13.2 Å². The van der Waals surface area contributed by atoms with Gasteiger partial charge in [0.2, 0.25) is 0 Å². The van der Waals surface area contributed by atoms with Crippen LogP contribution in [0.3, 0.4) is 0 Å². The molecule has 1 aliphatic carbocycles. The Morgan fingerprint density at radius 2 is 1.77 bits per heavy atom. The summed E-state index contributed by atoms with van der Waals surface area (Å²) in [4.78, 5) is 0. The van der Waals surface area contributed by atoms with Crippen molar-refractivity contribution in [3.63, 3.8) is 0 Å². The van der Waals surface area contributed by atoms with E-state index in [1.807, 2.05) is 30.3 Å².